The first-order valence-corrected chi connectivity index (χ1v) is 9.36. The van der Waals surface area contributed by atoms with Gasteiger partial charge in [-0.2, -0.15) is 0 Å². The topological polar surface area (TPSA) is 67.2 Å². The fourth-order valence-corrected chi connectivity index (χ4v) is 3.89. The molecule has 0 fully saturated rings. The zero-order valence-corrected chi connectivity index (χ0v) is 15.3. The first-order chi connectivity index (χ1) is 12.6. The Kier molecular flexibility index (Phi) is 4.26. The third-order valence-electron chi connectivity index (χ3n) is 5.08. The van der Waals surface area contributed by atoms with Crippen molar-refractivity contribution >= 4 is 17.5 Å². The molecule has 1 N–H and O–H groups in total. The molecule has 2 amide bonds. The molecule has 0 atom stereocenters. The van der Waals surface area contributed by atoms with Gasteiger partial charge in [0.2, 0.25) is 0 Å². The number of carbonyl (C=O) groups excluding carboxylic acids is 2. The van der Waals surface area contributed by atoms with Crippen LogP contribution in [0.15, 0.2) is 24.3 Å². The molecule has 0 aliphatic carbocycles. The number of imidazole rings is 1. The number of nitrogens with one attached hydrogen (secondary N) is 1. The Labute approximate surface area is 153 Å². The highest BCUT2D eigenvalue weighted by Gasteiger charge is 2.32. The molecule has 0 saturated heterocycles. The smallest absolute Gasteiger partial charge is 0.287 e. The summed E-state index contributed by atoms with van der Waals surface area (Å²) in [5, 5.41) is 2.90. The predicted octanol–water partition coefficient (Wildman–Crippen LogP) is 2.56. The molecular weight excluding hydrogens is 328 g/mol. The lowest BCUT2D eigenvalue weighted by Crippen LogP contribution is -2.33. The van der Waals surface area contributed by atoms with Crippen molar-refractivity contribution in [1.82, 2.24) is 14.9 Å². The van der Waals surface area contributed by atoms with Crippen molar-refractivity contribution in [3.05, 3.63) is 47.0 Å². The maximum Gasteiger partial charge on any atom is 0.287 e. The molecule has 6 nitrogen and oxygen atoms in total. The summed E-state index contributed by atoms with van der Waals surface area (Å²) < 4.78 is 1.94. The average Bonchev–Trinajstić information content (AvgIpc) is 3.22. The van der Waals surface area contributed by atoms with Gasteiger partial charge >= 0.3 is 0 Å². The van der Waals surface area contributed by atoms with Gasteiger partial charge in [-0.25, -0.2) is 4.98 Å². The second-order valence-corrected chi connectivity index (χ2v) is 7.30. The van der Waals surface area contributed by atoms with E-state index < -0.39 is 0 Å². The van der Waals surface area contributed by atoms with E-state index in [1.807, 2.05) is 36.6 Å². The monoisotopic (exact) mass is 352 g/mol. The molecule has 136 valence electrons. The Bertz CT molecular complexity index is 869. The summed E-state index contributed by atoms with van der Waals surface area (Å²) in [5.41, 5.74) is 3.49. The first kappa shape index (κ1) is 16.8. The third-order valence-corrected chi connectivity index (χ3v) is 5.08. The van der Waals surface area contributed by atoms with E-state index in [0.29, 0.717) is 18.1 Å². The van der Waals surface area contributed by atoms with E-state index in [1.165, 1.54) is 5.56 Å². The molecule has 1 aromatic carbocycles. The van der Waals surface area contributed by atoms with Gasteiger partial charge in [-0.3, -0.25) is 9.59 Å². The summed E-state index contributed by atoms with van der Waals surface area (Å²) in [6.07, 6.45) is 3.68. The number of carbonyl (C=O) groups is 2. The molecule has 3 heterocycles. The van der Waals surface area contributed by atoms with Crippen molar-refractivity contribution in [3.8, 4) is 0 Å². The largest absolute Gasteiger partial charge is 0.347 e. The van der Waals surface area contributed by atoms with Crippen LogP contribution in [0.2, 0.25) is 0 Å². The van der Waals surface area contributed by atoms with Gasteiger partial charge in [0.15, 0.2) is 11.5 Å². The van der Waals surface area contributed by atoms with E-state index in [4.69, 9.17) is 0 Å². The quantitative estimate of drug-likeness (QED) is 0.923. The molecule has 4 rings (SSSR count). The highest BCUT2D eigenvalue weighted by Crippen LogP contribution is 2.30. The minimum absolute atomic E-state index is 0.0312. The normalized spacial score (nSPS) is 15.7. The third kappa shape index (κ3) is 2.79. The molecule has 1 aromatic heterocycles. The van der Waals surface area contributed by atoms with Crippen LogP contribution in [0.4, 0.5) is 5.69 Å². The SMILES string of the molecule is CC(C)NC(=O)c1nc(C(=O)N2CCc3ccccc32)c2n1CCCC2. The zero-order valence-electron chi connectivity index (χ0n) is 15.3. The Hall–Kier alpha value is -2.63. The maximum atomic E-state index is 13.3. The standard InChI is InChI=1S/C20H24N4O2/c1-13(2)21-19(25)18-22-17(16-9-5-6-11-23(16)18)20(26)24-12-10-14-7-3-4-8-15(14)24/h3-4,7-8,13H,5-6,9-12H2,1-2H3,(H,21,25). The molecule has 0 saturated carbocycles. The number of hydrogen-bond acceptors (Lipinski definition) is 3. The van der Waals surface area contributed by atoms with Gasteiger partial charge in [0.1, 0.15) is 0 Å². The Morgan fingerprint density at radius 1 is 1.12 bits per heavy atom. The van der Waals surface area contributed by atoms with Crippen LogP contribution in [-0.2, 0) is 19.4 Å². The molecule has 0 bridgehead atoms. The van der Waals surface area contributed by atoms with Crippen LogP contribution >= 0.6 is 0 Å². The lowest BCUT2D eigenvalue weighted by molar-refractivity contribution is 0.0927. The Balaban J connectivity index is 1.72. The van der Waals surface area contributed by atoms with E-state index in [1.54, 1.807) is 4.90 Å². The van der Waals surface area contributed by atoms with Crippen molar-refractivity contribution < 1.29 is 9.59 Å². The molecule has 0 unspecified atom stereocenters. The number of anilines is 1. The lowest BCUT2D eigenvalue weighted by Gasteiger charge is -2.19. The first-order valence-electron chi connectivity index (χ1n) is 9.36. The van der Waals surface area contributed by atoms with Crippen LogP contribution in [0.3, 0.4) is 0 Å². The minimum atomic E-state index is -0.205. The summed E-state index contributed by atoms with van der Waals surface area (Å²) in [5.74, 6) is 0.0671. The number of rotatable bonds is 3. The number of para-hydroxylation sites is 1. The predicted molar refractivity (Wildman–Crippen MR) is 99.6 cm³/mol. The van der Waals surface area contributed by atoms with Gasteiger partial charge in [-0.15, -0.1) is 0 Å². The van der Waals surface area contributed by atoms with Gasteiger partial charge in [0.25, 0.3) is 11.8 Å². The molecule has 0 spiro atoms. The number of benzene rings is 1. The molecule has 26 heavy (non-hydrogen) atoms. The second kappa shape index (κ2) is 6.59. The zero-order chi connectivity index (χ0) is 18.3. The number of nitrogens with zero attached hydrogens (tertiary/aromatic N) is 3. The van der Waals surface area contributed by atoms with Gasteiger partial charge in [-0.1, -0.05) is 18.2 Å². The van der Waals surface area contributed by atoms with E-state index in [2.05, 4.69) is 16.4 Å². The summed E-state index contributed by atoms with van der Waals surface area (Å²) in [6.45, 7) is 5.25. The van der Waals surface area contributed by atoms with Crippen LogP contribution < -0.4 is 10.2 Å². The van der Waals surface area contributed by atoms with Crippen LogP contribution in [0.25, 0.3) is 0 Å². The number of amides is 2. The highest BCUT2D eigenvalue weighted by molar-refractivity contribution is 6.07. The van der Waals surface area contributed by atoms with Gasteiger partial charge in [0.05, 0.1) is 5.69 Å². The van der Waals surface area contributed by atoms with Crippen molar-refractivity contribution in [2.75, 3.05) is 11.4 Å². The number of fused-ring (bicyclic) bond motifs is 2. The van der Waals surface area contributed by atoms with Crippen LogP contribution in [-0.4, -0.2) is 34.0 Å². The number of hydrogen-bond donors (Lipinski definition) is 1. The van der Waals surface area contributed by atoms with E-state index in [9.17, 15) is 9.59 Å². The average molecular weight is 352 g/mol. The summed E-state index contributed by atoms with van der Waals surface area (Å²) in [4.78, 5) is 32.1. The van der Waals surface area contributed by atoms with E-state index in [0.717, 1.165) is 43.6 Å². The summed E-state index contributed by atoms with van der Waals surface area (Å²) >= 11 is 0. The fraction of sp³-hybridized carbons (Fsp3) is 0.450. The van der Waals surface area contributed by atoms with Crippen LogP contribution in [0.5, 0.6) is 0 Å². The fourth-order valence-electron chi connectivity index (χ4n) is 3.89. The lowest BCUT2D eigenvalue weighted by atomic mass is 10.1. The van der Waals surface area contributed by atoms with Gasteiger partial charge < -0.3 is 14.8 Å². The van der Waals surface area contributed by atoms with Crippen molar-refractivity contribution in [2.45, 2.75) is 52.1 Å². The van der Waals surface area contributed by atoms with E-state index >= 15 is 0 Å². The van der Waals surface area contributed by atoms with Crippen LogP contribution in [0.1, 0.15) is 59.1 Å². The van der Waals surface area contributed by atoms with Crippen molar-refractivity contribution in [1.29, 1.82) is 0 Å². The minimum Gasteiger partial charge on any atom is -0.347 e. The summed E-state index contributed by atoms with van der Waals surface area (Å²) in [7, 11) is 0. The molecule has 2 aliphatic heterocycles. The van der Waals surface area contributed by atoms with Gasteiger partial charge in [-0.05, 0) is 51.2 Å². The molecule has 0 radical (unpaired) electrons. The Morgan fingerprint density at radius 2 is 1.92 bits per heavy atom. The maximum absolute atomic E-state index is 13.3. The molecule has 6 heteroatoms. The highest BCUT2D eigenvalue weighted by atomic mass is 16.2. The van der Waals surface area contributed by atoms with E-state index in [-0.39, 0.29) is 17.9 Å². The number of aromatic nitrogens is 2. The summed E-state index contributed by atoms with van der Waals surface area (Å²) in [6, 6.07) is 8.03. The molecule has 2 aliphatic rings. The Morgan fingerprint density at radius 3 is 2.73 bits per heavy atom. The molecular formula is C20H24N4O2. The van der Waals surface area contributed by atoms with Crippen molar-refractivity contribution in [3.63, 3.8) is 0 Å². The second-order valence-electron chi connectivity index (χ2n) is 7.30. The van der Waals surface area contributed by atoms with Crippen molar-refractivity contribution in [2.24, 2.45) is 0 Å². The van der Waals surface area contributed by atoms with Crippen LogP contribution in [0, 0.1) is 0 Å². The molecule has 2 aromatic rings. The van der Waals surface area contributed by atoms with Gasteiger partial charge in [0, 0.05) is 24.8 Å².